The number of carboxylic acid groups (broad SMARTS) is 1. The Balaban J connectivity index is -0.000000298. The number of carbonyl (C=O) groups is 1. The van der Waals surface area contributed by atoms with Crippen LogP contribution >= 0.6 is 0 Å². The Morgan fingerprint density at radius 2 is 1.32 bits per heavy atom. The minimum absolute atomic E-state index is 0.230. The van der Waals surface area contributed by atoms with Gasteiger partial charge in [-0.3, -0.25) is 0 Å². The van der Waals surface area contributed by atoms with Gasteiger partial charge in [-0.05, 0) is 25.3 Å². The van der Waals surface area contributed by atoms with E-state index in [4.69, 9.17) is 5.73 Å². The predicted octanol–water partition coefficient (Wildman–Crippen LogP) is 2.36. The standard InChI is InChI=1S/C10H20O2.2C4H11N/c1-2-3-4-5-6-7-8-9-10(11)12;2*1-4(2)3-5/h2-9H2,1H3,(H,11,12);2*4H,3,5H2,1-2H3. The van der Waals surface area contributed by atoms with E-state index in [1.807, 2.05) is 0 Å². The molecule has 0 aromatic carbocycles. The van der Waals surface area contributed by atoms with Crippen LogP contribution in [0.5, 0.6) is 0 Å². The fraction of sp³-hybridized carbons (Fsp3) is 0.944. The maximum atomic E-state index is 10.0. The van der Waals surface area contributed by atoms with Crippen LogP contribution in [-0.4, -0.2) is 19.1 Å². The van der Waals surface area contributed by atoms with E-state index in [-0.39, 0.29) is 6.42 Å². The van der Waals surface area contributed by atoms with Crippen LogP contribution in [0.15, 0.2) is 0 Å². The quantitative estimate of drug-likeness (QED) is 0.605. The first-order valence-electron chi connectivity index (χ1n) is 9.00. The van der Waals surface area contributed by atoms with Crippen molar-refractivity contribution >= 4 is 5.97 Å². The van der Waals surface area contributed by atoms with E-state index < -0.39 is 5.97 Å². The molecule has 0 amide bonds. The van der Waals surface area contributed by atoms with Gasteiger partial charge in [0.25, 0.3) is 0 Å². The fourth-order valence-electron chi connectivity index (χ4n) is 1.23. The summed E-state index contributed by atoms with van der Waals surface area (Å²) in [6.45, 7) is 12.6. The zero-order chi connectivity index (χ0) is 17.8. The molecule has 0 atom stereocenters. The normalized spacial score (nSPS) is 9.86. The van der Waals surface area contributed by atoms with Gasteiger partial charge in [0.15, 0.2) is 0 Å². The number of hydrogen-bond acceptors (Lipinski definition) is 3. The van der Waals surface area contributed by atoms with Crippen molar-refractivity contribution in [3.8, 4) is 0 Å². The number of quaternary nitrogens is 1. The van der Waals surface area contributed by atoms with Crippen molar-refractivity contribution in [1.29, 1.82) is 0 Å². The zero-order valence-electron chi connectivity index (χ0n) is 15.8. The van der Waals surface area contributed by atoms with E-state index in [1.54, 1.807) is 0 Å². The molecule has 4 nitrogen and oxygen atoms in total. The van der Waals surface area contributed by atoms with Gasteiger partial charge in [0.05, 0.1) is 6.54 Å². The molecular formula is C18H42N2O2. The average molecular weight is 319 g/mol. The maximum Gasteiger partial charge on any atom is 0.0763 e. The number of hydrogen-bond donors (Lipinski definition) is 2. The van der Waals surface area contributed by atoms with Crippen LogP contribution in [0, 0.1) is 11.8 Å². The van der Waals surface area contributed by atoms with E-state index in [9.17, 15) is 9.90 Å². The summed E-state index contributed by atoms with van der Waals surface area (Å²) in [5.41, 5.74) is 8.86. The minimum atomic E-state index is -0.913. The molecule has 0 radical (unpaired) electrons. The Labute approximate surface area is 139 Å². The second-order valence-corrected chi connectivity index (χ2v) is 6.56. The maximum absolute atomic E-state index is 10.0. The fourth-order valence-corrected chi connectivity index (χ4v) is 1.23. The highest BCUT2D eigenvalue weighted by Crippen LogP contribution is 2.07. The molecule has 0 aliphatic heterocycles. The number of nitrogens with two attached hydrogens (primary N) is 1. The van der Waals surface area contributed by atoms with Crippen LogP contribution in [0.25, 0.3) is 0 Å². The molecule has 0 aliphatic rings. The lowest BCUT2D eigenvalue weighted by Crippen LogP contribution is -2.52. The predicted molar refractivity (Wildman–Crippen MR) is 94.1 cm³/mol. The SMILES string of the molecule is CC(C)CN.CC(C)C[NH3+].CCCCCCCCCC(=O)[O-]. The van der Waals surface area contributed by atoms with Crippen molar-refractivity contribution in [3.05, 3.63) is 0 Å². The molecular weight excluding hydrogens is 276 g/mol. The number of unbranched alkanes of at least 4 members (excludes halogenated alkanes) is 6. The summed E-state index contributed by atoms with van der Waals surface area (Å²) in [6, 6.07) is 0. The Morgan fingerprint density at radius 1 is 0.955 bits per heavy atom. The molecule has 0 aromatic rings. The summed E-state index contributed by atoms with van der Waals surface area (Å²) >= 11 is 0. The van der Waals surface area contributed by atoms with Gasteiger partial charge >= 0.3 is 0 Å². The molecule has 0 bridgehead atoms. The van der Waals surface area contributed by atoms with Gasteiger partial charge in [-0.25, -0.2) is 0 Å². The van der Waals surface area contributed by atoms with Crippen molar-refractivity contribution in [1.82, 2.24) is 0 Å². The molecule has 0 spiro atoms. The molecule has 0 aromatic heterocycles. The lowest BCUT2D eigenvalue weighted by Gasteiger charge is -2.01. The van der Waals surface area contributed by atoms with Gasteiger partial charge in [0.2, 0.25) is 0 Å². The first-order valence-corrected chi connectivity index (χ1v) is 9.00. The van der Waals surface area contributed by atoms with Crippen molar-refractivity contribution < 1.29 is 15.6 Å². The highest BCUT2D eigenvalue weighted by atomic mass is 16.4. The van der Waals surface area contributed by atoms with Crippen LogP contribution in [0.2, 0.25) is 0 Å². The topological polar surface area (TPSA) is 93.8 Å². The lowest BCUT2D eigenvalue weighted by atomic mass is 10.1. The first-order chi connectivity index (χ1) is 10.3. The van der Waals surface area contributed by atoms with Crippen molar-refractivity contribution in [2.45, 2.75) is 86.0 Å². The molecule has 136 valence electrons. The van der Waals surface area contributed by atoms with E-state index in [0.717, 1.165) is 31.8 Å². The average Bonchev–Trinajstić information content (AvgIpc) is 2.47. The smallest absolute Gasteiger partial charge is 0.0763 e. The van der Waals surface area contributed by atoms with Crippen LogP contribution in [0.3, 0.4) is 0 Å². The highest BCUT2D eigenvalue weighted by Gasteiger charge is 1.90. The van der Waals surface area contributed by atoms with Crippen LogP contribution in [0.4, 0.5) is 0 Å². The summed E-state index contributed by atoms with van der Waals surface area (Å²) in [4.78, 5) is 10.0. The molecule has 0 rings (SSSR count). The Kier molecular flexibility index (Phi) is 27.1. The van der Waals surface area contributed by atoms with Crippen molar-refractivity contribution in [2.75, 3.05) is 13.1 Å². The second-order valence-electron chi connectivity index (χ2n) is 6.56. The molecule has 0 heterocycles. The molecule has 5 N–H and O–H groups in total. The number of carboxylic acids is 1. The molecule has 0 aliphatic carbocycles. The summed E-state index contributed by atoms with van der Waals surface area (Å²) < 4.78 is 0. The highest BCUT2D eigenvalue weighted by molar-refractivity contribution is 5.63. The van der Waals surface area contributed by atoms with E-state index in [2.05, 4.69) is 40.4 Å². The van der Waals surface area contributed by atoms with E-state index in [1.165, 1.54) is 32.1 Å². The number of aliphatic carboxylic acids is 1. The molecule has 0 unspecified atom stereocenters. The summed E-state index contributed by atoms with van der Waals surface area (Å²) in [7, 11) is 0. The van der Waals surface area contributed by atoms with Crippen LogP contribution in [-0.2, 0) is 4.79 Å². The molecule has 0 saturated heterocycles. The third kappa shape index (κ3) is 42.7. The Bertz CT molecular complexity index is 199. The molecule has 22 heavy (non-hydrogen) atoms. The van der Waals surface area contributed by atoms with Gasteiger partial charge in [0, 0.05) is 11.9 Å². The third-order valence-corrected chi connectivity index (χ3v) is 3.03. The van der Waals surface area contributed by atoms with Gasteiger partial charge in [-0.1, -0.05) is 73.1 Å². The largest absolute Gasteiger partial charge is 0.550 e. The lowest BCUT2D eigenvalue weighted by molar-refractivity contribution is -0.376. The first kappa shape index (κ1) is 26.3. The number of rotatable bonds is 10. The van der Waals surface area contributed by atoms with Crippen LogP contribution in [0.1, 0.15) is 86.0 Å². The monoisotopic (exact) mass is 318 g/mol. The zero-order valence-corrected chi connectivity index (χ0v) is 15.8. The molecule has 0 saturated carbocycles. The van der Waals surface area contributed by atoms with Gasteiger partial charge in [-0.15, -0.1) is 0 Å². The van der Waals surface area contributed by atoms with Gasteiger partial charge in [-0.2, -0.15) is 0 Å². The van der Waals surface area contributed by atoms with Gasteiger partial charge < -0.3 is 21.4 Å². The third-order valence-electron chi connectivity index (χ3n) is 3.03. The van der Waals surface area contributed by atoms with Crippen LogP contribution < -0.4 is 16.6 Å². The summed E-state index contributed by atoms with van der Waals surface area (Å²) in [5.74, 6) is 0.522. The minimum Gasteiger partial charge on any atom is -0.550 e. The molecule has 0 fully saturated rings. The van der Waals surface area contributed by atoms with E-state index >= 15 is 0 Å². The second kappa shape index (κ2) is 22.7. The Morgan fingerprint density at radius 3 is 1.59 bits per heavy atom. The van der Waals surface area contributed by atoms with Gasteiger partial charge in [0.1, 0.15) is 0 Å². The number of carbonyl (C=O) groups excluding carboxylic acids is 1. The van der Waals surface area contributed by atoms with Crippen molar-refractivity contribution in [2.24, 2.45) is 17.6 Å². The Hall–Kier alpha value is -0.610. The van der Waals surface area contributed by atoms with Crippen molar-refractivity contribution in [3.63, 3.8) is 0 Å². The molecule has 4 heteroatoms. The van der Waals surface area contributed by atoms with E-state index in [0.29, 0.717) is 5.92 Å². The summed E-state index contributed by atoms with van der Waals surface area (Å²) in [6.07, 6.45) is 8.34. The summed E-state index contributed by atoms with van der Waals surface area (Å²) in [5, 5.41) is 10.0.